The van der Waals surface area contributed by atoms with Gasteiger partial charge >= 0.3 is 0 Å². The summed E-state index contributed by atoms with van der Waals surface area (Å²) in [5.74, 6) is -1.00. The number of carbonyl (C=O) groups is 3. The molecule has 0 aliphatic carbocycles. The number of hydrogen-bond donors (Lipinski definition) is 2. The first-order valence-corrected chi connectivity index (χ1v) is 13.7. The van der Waals surface area contributed by atoms with Crippen LogP contribution < -0.4 is 15.5 Å². The highest BCUT2D eigenvalue weighted by Crippen LogP contribution is 2.30. The summed E-state index contributed by atoms with van der Waals surface area (Å²) in [6.07, 6.45) is 0.868. The summed E-state index contributed by atoms with van der Waals surface area (Å²) in [7, 11) is 0. The first-order chi connectivity index (χ1) is 19.9. The van der Waals surface area contributed by atoms with Crippen molar-refractivity contribution in [2.45, 2.75) is 6.42 Å². The third-order valence-corrected chi connectivity index (χ3v) is 7.39. The summed E-state index contributed by atoms with van der Waals surface area (Å²) in [5, 5.41) is 15.4. The van der Waals surface area contributed by atoms with Crippen LogP contribution in [0.5, 0.6) is 0 Å². The predicted octanol–water partition coefficient (Wildman–Crippen LogP) is 3.35. The van der Waals surface area contributed by atoms with Crippen LogP contribution in [0.1, 0.15) is 43.1 Å². The van der Waals surface area contributed by atoms with Crippen molar-refractivity contribution in [1.29, 1.82) is 5.26 Å². The number of halogens is 1. The van der Waals surface area contributed by atoms with Gasteiger partial charge in [-0.05, 0) is 79.7 Å². The maximum Gasteiger partial charge on any atom is 0.255 e. The van der Waals surface area contributed by atoms with E-state index in [9.17, 15) is 18.8 Å². The first kappa shape index (κ1) is 27.8. The molecular weight excluding hydrogens is 523 g/mol. The monoisotopic (exact) mass is 554 g/mol. The van der Waals surface area contributed by atoms with Gasteiger partial charge in [0.25, 0.3) is 17.7 Å². The molecule has 0 radical (unpaired) electrons. The van der Waals surface area contributed by atoms with Crippen molar-refractivity contribution in [3.05, 3.63) is 94.8 Å². The number of amides is 3. The van der Waals surface area contributed by atoms with Crippen LogP contribution in [0.25, 0.3) is 0 Å². The van der Waals surface area contributed by atoms with Gasteiger partial charge in [0, 0.05) is 62.5 Å². The van der Waals surface area contributed by atoms with E-state index in [0.29, 0.717) is 67.2 Å². The molecule has 3 amide bonds. The van der Waals surface area contributed by atoms with Crippen molar-refractivity contribution >= 4 is 29.1 Å². The Balaban J connectivity index is 1.37. The molecule has 0 spiro atoms. The molecule has 2 saturated heterocycles. The van der Waals surface area contributed by atoms with Gasteiger partial charge in [0.15, 0.2) is 0 Å². The molecule has 0 atom stereocenters. The van der Waals surface area contributed by atoms with Gasteiger partial charge in [0.1, 0.15) is 5.82 Å². The second-order valence-corrected chi connectivity index (χ2v) is 10.1. The summed E-state index contributed by atoms with van der Waals surface area (Å²) < 4.78 is 13.3. The number of nitrogens with zero attached hydrogens (tertiary/aromatic N) is 4. The number of piperazine rings is 1. The molecule has 2 fully saturated rings. The molecular formula is C31H31FN6O3. The van der Waals surface area contributed by atoms with Gasteiger partial charge in [-0.1, -0.05) is 0 Å². The third-order valence-electron chi connectivity index (χ3n) is 7.39. The molecule has 0 unspecified atom stereocenters. The fourth-order valence-electron chi connectivity index (χ4n) is 5.09. The van der Waals surface area contributed by atoms with Crippen molar-refractivity contribution in [2.24, 2.45) is 0 Å². The molecule has 9 nitrogen and oxygen atoms in total. The molecule has 41 heavy (non-hydrogen) atoms. The summed E-state index contributed by atoms with van der Waals surface area (Å²) in [5.41, 5.74) is 3.00. The number of nitriles is 1. The van der Waals surface area contributed by atoms with Crippen LogP contribution in [0.15, 0.2) is 66.7 Å². The molecule has 2 N–H and O–H groups in total. The topological polar surface area (TPSA) is 109 Å². The van der Waals surface area contributed by atoms with Crippen LogP contribution >= 0.6 is 0 Å². The molecule has 5 rings (SSSR count). The zero-order chi connectivity index (χ0) is 28.8. The summed E-state index contributed by atoms with van der Waals surface area (Å²) in [6.45, 7) is 4.77. The number of carbonyl (C=O) groups excluding carboxylic acids is 3. The average Bonchev–Trinajstić information content (AvgIpc) is 3.31. The van der Waals surface area contributed by atoms with Gasteiger partial charge in [0.2, 0.25) is 0 Å². The molecule has 3 aromatic carbocycles. The molecule has 10 heteroatoms. The molecule has 2 aliphatic rings. The van der Waals surface area contributed by atoms with Crippen LogP contribution in [0, 0.1) is 17.1 Å². The second kappa shape index (κ2) is 12.6. The van der Waals surface area contributed by atoms with Gasteiger partial charge in [-0.2, -0.15) is 5.26 Å². The Labute approximate surface area is 238 Å². The summed E-state index contributed by atoms with van der Waals surface area (Å²) in [4.78, 5) is 45.1. The highest BCUT2D eigenvalue weighted by Gasteiger charge is 2.26. The Morgan fingerprint density at radius 2 is 1.39 bits per heavy atom. The zero-order valence-corrected chi connectivity index (χ0v) is 22.6. The van der Waals surface area contributed by atoms with Crippen LogP contribution in [0.4, 0.5) is 15.8 Å². The molecule has 0 saturated carbocycles. The number of nitrogens with one attached hydrogen (secondary N) is 2. The molecule has 2 aliphatic heterocycles. The Hall–Kier alpha value is -4.75. The summed E-state index contributed by atoms with van der Waals surface area (Å²) in [6, 6.07) is 19.2. The highest BCUT2D eigenvalue weighted by molar-refractivity contribution is 6.07. The van der Waals surface area contributed by atoms with Crippen molar-refractivity contribution in [3.63, 3.8) is 0 Å². The minimum Gasteiger partial charge on any atom is -0.366 e. The van der Waals surface area contributed by atoms with E-state index in [2.05, 4.69) is 15.5 Å². The van der Waals surface area contributed by atoms with Gasteiger partial charge in [-0.3, -0.25) is 14.4 Å². The minimum absolute atomic E-state index is 0.0937. The third kappa shape index (κ3) is 6.53. The average molecular weight is 555 g/mol. The second-order valence-electron chi connectivity index (χ2n) is 10.1. The smallest absolute Gasteiger partial charge is 0.255 e. The van der Waals surface area contributed by atoms with Crippen LogP contribution in [0.2, 0.25) is 0 Å². The van der Waals surface area contributed by atoms with E-state index < -0.39 is 5.82 Å². The van der Waals surface area contributed by atoms with E-state index in [-0.39, 0.29) is 17.7 Å². The maximum absolute atomic E-state index is 13.4. The number of hydrogen-bond acceptors (Lipinski definition) is 6. The lowest BCUT2D eigenvalue weighted by atomic mass is 10.1. The van der Waals surface area contributed by atoms with Gasteiger partial charge in [0.05, 0.1) is 23.0 Å². The Kier molecular flexibility index (Phi) is 8.56. The number of rotatable bonds is 5. The van der Waals surface area contributed by atoms with E-state index in [1.807, 2.05) is 17.0 Å². The molecule has 210 valence electrons. The van der Waals surface area contributed by atoms with Crippen molar-refractivity contribution in [1.82, 2.24) is 15.1 Å². The Morgan fingerprint density at radius 3 is 2.10 bits per heavy atom. The number of anilines is 2. The van der Waals surface area contributed by atoms with Crippen molar-refractivity contribution in [2.75, 3.05) is 62.6 Å². The number of benzene rings is 3. The standard InChI is InChI=1S/C31H31FN6O3/c32-26-9-6-24(7-10-26)30(40)38-18-16-36(17-19-38)28-11-8-25(31(41)37-14-1-12-34-13-15-37)20-27(28)35-29(39)23-4-2-22(21-33)3-5-23/h2-11,20,34H,1,12-19H2,(H,35,39). The molecule has 0 bridgehead atoms. The SMILES string of the molecule is N#Cc1ccc(C(=O)Nc2cc(C(=O)N3CCCNCC3)ccc2N2CCN(C(=O)c3ccc(F)cc3)CC2)cc1. The lowest BCUT2D eigenvalue weighted by Gasteiger charge is -2.37. The maximum atomic E-state index is 13.4. The van der Waals surface area contributed by atoms with E-state index in [4.69, 9.17) is 5.26 Å². The predicted molar refractivity (Wildman–Crippen MR) is 153 cm³/mol. The van der Waals surface area contributed by atoms with E-state index in [1.165, 1.54) is 24.3 Å². The van der Waals surface area contributed by atoms with Crippen molar-refractivity contribution < 1.29 is 18.8 Å². The van der Waals surface area contributed by atoms with E-state index >= 15 is 0 Å². The summed E-state index contributed by atoms with van der Waals surface area (Å²) >= 11 is 0. The quantitative estimate of drug-likeness (QED) is 0.501. The lowest BCUT2D eigenvalue weighted by molar-refractivity contribution is 0.0743. The first-order valence-electron chi connectivity index (χ1n) is 13.7. The Bertz CT molecular complexity index is 1450. The molecule has 2 heterocycles. The van der Waals surface area contributed by atoms with Crippen LogP contribution in [-0.2, 0) is 0 Å². The van der Waals surface area contributed by atoms with Crippen LogP contribution in [0.3, 0.4) is 0 Å². The molecule has 3 aromatic rings. The largest absolute Gasteiger partial charge is 0.366 e. The molecule has 0 aromatic heterocycles. The van der Waals surface area contributed by atoms with E-state index in [0.717, 1.165) is 25.2 Å². The highest BCUT2D eigenvalue weighted by atomic mass is 19.1. The minimum atomic E-state index is -0.392. The zero-order valence-electron chi connectivity index (χ0n) is 22.6. The lowest BCUT2D eigenvalue weighted by Crippen LogP contribution is -2.49. The van der Waals surface area contributed by atoms with Crippen molar-refractivity contribution in [3.8, 4) is 6.07 Å². The fraction of sp³-hybridized carbons (Fsp3) is 0.290. The normalized spacial score (nSPS) is 15.6. The van der Waals surface area contributed by atoms with Gasteiger partial charge in [-0.25, -0.2) is 4.39 Å². The van der Waals surface area contributed by atoms with Crippen LogP contribution in [-0.4, -0.2) is 79.9 Å². The van der Waals surface area contributed by atoms with E-state index in [1.54, 1.807) is 41.3 Å². The van der Waals surface area contributed by atoms with Gasteiger partial charge in [-0.15, -0.1) is 0 Å². The fourth-order valence-corrected chi connectivity index (χ4v) is 5.09. The Morgan fingerprint density at radius 1 is 0.756 bits per heavy atom. The van der Waals surface area contributed by atoms with Gasteiger partial charge < -0.3 is 25.3 Å².